The third-order valence-corrected chi connectivity index (χ3v) is 2.59. The minimum atomic E-state index is -0.0578. The molecule has 0 fully saturated rings. The van der Waals surface area contributed by atoms with Gasteiger partial charge < -0.3 is 15.4 Å². The monoisotopic (exact) mass is 216 g/mol. The summed E-state index contributed by atoms with van der Waals surface area (Å²) in [7, 11) is 3.49. The van der Waals surface area contributed by atoms with Gasteiger partial charge in [0.15, 0.2) is 0 Å². The Morgan fingerprint density at radius 2 is 2.07 bits per heavy atom. The summed E-state index contributed by atoms with van der Waals surface area (Å²) in [5.74, 6) is 0.383. The molecule has 0 heterocycles. The van der Waals surface area contributed by atoms with Gasteiger partial charge in [-0.3, -0.25) is 4.79 Å². The third-order valence-electron chi connectivity index (χ3n) is 2.59. The summed E-state index contributed by atoms with van der Waals surface area (Å²) in [6, 6.07) is 0. The summed E-state index contributed by atoms with van der Waals surface area (Å²) in [4.78, 5) is 13.7. The van der Waals surface area contributed by atoms with Gasteiger partial charge in [-0.25, -0.2) is 0 Å². The van der Waals surface area contributed by atoms with E-state index >= 15 is 0 Å². The molecule has 0 aromatic carbocycles. The first-order valence-electron chi connectivity index (χ1n) is 5.48. The van der Waals surface area contributed by atoms with Gasteiger partial charge in [-0.2, -0.15) is 0 Å². The number of rotatable bonds is 7. The lowest BCUT2D eigenvalue weighted by molar-refractivity contribution is -0.135. The molecule has 4 heteroatoms. The zero-order valence-electron chi connectivity index (χ0n) is 10.3. The summed E-state index contributed by atoms with van der Waals surface area (Å²) in [6.07, 6.45) is 0.869. The minimum Gasteiger partial charge on any atom is -0.385 e. The molecule has 1 atom stereocenters. The lowest BCUT2D eigenvalue weighted by Gasteiger charge is -2.25. The molecule has 0 aliphatic heterocycles. The largest absolute Gasteiger partial charge is 0.385 e. The Hall–Kier alpha value is -0.610. The molecule has 0 spiro atoms. The number of nitrogens with zero attached hydrogens (tertiary/aromatic N) is 1. The molecule has 4 nitrogen and oxygen atoms in total. The van der Waals surface area contributed by atoms with Crippen LogP contribution in [-0.4, -0.2) is 44.7 Å². The first-order chi connectivity index (χ1) is 7.04. The van der Waals surface area contributed by atoms with Gasteiger partial charge in [-0.05, 0) is 12.3 Å². The quantitative estimate of drug-likeness (QED) is 0.638. The fraction of sp³-hybridized carbons (Fsp3) is 0.909. The van der Waals surface area contributed by atoms with Crippen molar-refractivity contribution in [3.05, 3.63) is 0 Å². The first kappa shape index (κ1) is 14.4. The second kappa shape index (κ2) is 7.65. The van der Waals surface area contributed by atoms with E-state index in [-0.39, 0.29) is 11.8 Å². The molecule has 0 aliphatic carbocycles. The number of hydrogen-bond donors (Lipinski definition) is 1. The molecule has 0 saturated carbocycles. The van der Waals surface area contributed by atoms with E-state index in [0.717, 1.165) is 13.0 Å². The molecular formula is C11H24N2O2. The van der Waals surface area contributed by atoms with Crippen LogP contribution in [0.4, 0.5) is 0 Å². The fourth-order valence-corrected chi connectivity index (χ4v) is 1.50. The predicted octanol–water partition coefficient (Wildman–Crippen LogP) is 0.712. The maximum absolute atomic E-state index is 11.9. The average Bonchev–Trinajstić information content (AvgIpc) is 2.18. The topological polar surface area (TPSA) is 55.6 Å². The Bertz CT molecular complexity index is 183. The van der Waals surface area contributed by atoms with Gasteiger partial charge in [0.25, 0.3) is 0 Å². The minimum absolute atomic E-state index is 0.0578. The lowest BCUT2D eigenvalue weighted by Crippen LogP contribution is -2.39. The number of ether oxygens (including phenoxy) is 1. The second-order valence-corrected chi connectivity index (χ2v) is 4.19. The van der Waals surface area contributed by atoms with Crippen LogP contribution < -0.4 is 5.73 Å². The number of nitrogens with two attached hydrogens (primary N) is 1. The average molecular weight is 216 g/mol. The van der Waals surface area contributed by atoms with Crippen molar-refractivity contribution in [2.75, 3.05) is 33.9 Å². The SMILES string of the molecule is COCCCN(C)C(=O)C(CN)C(C)C. The van der Waals surface area contributed by atoms with Crippen LogP contribution in [0.15, 0.2) is 0 Å². The first-order valence-corrected chi connectivity index (χ1v) is 5.48. The highest BCUT2D eigenvalue weighted by molar-refractivity contribution is 5.79. The number of methoxy groups -OCH3 is 1. The van der Waals surface area contributed by atoms with Gasteiger partial charge in [0.2, 0.25) is 5.91 Å². The Morgan fingerprint density at radius 3 is 2.47 bits per heavy atom. The van der Waals surface area contributed by atoms with Crippen molar-refractivity contribution in [2.24, 2.45) is 17.6 Å². The lowest BCUT2D eigenvalue weighted by atomic mass is 9.94. The van der Waals surface area contributed by atoms with Crippen molar-refractivity contribution >= 4 is 5.91 Å². The van der Waals surface area contributed by atoms with Crippen molar-refractivity contribution in [2.45, 2.75) is 20.3 Å². The normalized spacial score (nSPS) is 12.9. The third kappa shape index (κ3) is 5.14. The number of hydrogen-bond acceptors (Lipinski definition) is 3. The molecule has 0 saturated heterocycles. The highest BCUT2D eigenvalue weighted by Crippen LogP contribution is 2.12. The highest BCUT2D eigenvalue weighted by atomic mass is 16.5. The molecule has 0 aromatic heterocycles. The Kier molecular flexibility index (Phi) is 7.34. The van der Waals surface area contributed by atoms with Gasteiger partial charge in [0, 0.05) is 33.9 Å². The van der Waals surface area contributed by atoms with Gasteiger partial charge in [0.1, 0.15) is 0 Å². The van der Waals surface area contributed by atoms with Crippen LogP contribution in [-0.2, 0) is 9.53 Å². The van der Waals surface area contributed by atoms with Crippen molar-refractivity contribution in [3.63, 3.8) is 0 Å². The van der Waals surface area contributed by atoms with Crippen LogP contribution in [0.25, 0.3) is 0 Å². The van der Waals surface area contributed by atoms with Crippen molar-refractivity contribution in [1.29, 1.82) is 0 Å². The van der Waals surface area contributed by atoms with Gasteiger partial charge in [-0.1, -0.05) is 13.8 Å². The van der Waals surface area contributed by atoms with Gasteiger partial charge in [0.05, 0.1) is 5.92 Å². The van der Waals surface area contributed by atoms with Crippen LogP contribution >= 0.6 is 0 Å². The molecule has 0 aromatic rings. The summed E-state index contributed by atoms with van der Waals surface area (Å²) in [6.45, 7) is 5.89. The Morgan fingerprint density at radius 1 is 1.47 bits per heavy atom. The molecule has 0 bridgehead atoms. The summed E-state index contributed by atoms with van der Waals surface area (Å²) < 4.78 is 4.94. The van der Waals surface area contributed by atoms with Gasteiger partial charge >= 0.3 is 0 Å². The van der Waals surface area contributed by atoms with Crippen molar-refractivity contribution in [1.82, 2.24) is 4.90 Å². The van der Waals surface area contributed by atoms with E-state index < -0.39 is 0 Å². The zero-order valence-corrected chi connectivity index (χ0v) is 10.3. The number of carbonyl (C=O) groups excluding carboxylic acids is 1. The van der Waals surface area contributed by atoms with E-state index in [2.05, 4.69) is 0 Å². The predicted molar refractivity (Wildman–Crippen MR) is 61.5 cm³/mol. The zero-order chi connectivity index (χ0) is 11.8. The summed E-state index contributed by atoms with van der Waals surface area (Å²) in [5, 5.41) is 0. The molecule has 2 N–H and O–H groups in total. The molecular weight excluding hydrogens is 192 g/mol. The van der Waals surface area contributed by atoms with Crippen LogP contribution in [0.2, 0.25) is 0 Å². The van der Waals surface area contributed by atoms with E-state index in [0.29, 0.717) is 19.1 Å². The van der Waals surface area contributed by atoms with Crippen molar-refractivity contribution < 1.29 is 9.53 Å². The highest BCUT2D eigenvalue weighted by Gasteiger charge is 2.23. The van der Waals surface area contributed by atoms with Crippen LogP contribution in [0.3, 0.4) is 0 Å². The molecule has 15 heavy (non-hydrogen) atoms. The smallest absolute Gasteiger partial charge is 0.226 e. The van der Waals surface area contributed by atoms with Crippen LogP contribution in [0, 0.1) is 11.8 Å². The molecule has 0 aliphatic rings. The fourth-order valence-electron chi connectivity index (χ4n) is 1.50. The maximum Gasteiger partial charge on any atom is 0.226 e. The summed E-state index contributed by atoms with van der Waals surface area (Å²) >= 11 is 0. The standard InChI is InChI=1S/C11H24N2O2/c1-9(2)10(8-12)11(14)13(3)6-5-7-15-4/h9-10H,5-8,12H2,1-4H3. The number of amides is 1. The van der Waals surface area contributed by atoms with E-state index in [1.54, 1.807) is 12.0 Å². The van der Waals surface area contributed by atoms with Crippen LogP contribution in [0.1, 0.15) is 20.3 Å². The molecule has 90 valence electrons. The van der Waals surface area contributed by atoms with E-state index in [4.69, 9.17) is 10.5 Å². The number of carbonyl (C=O) groups is 1. The Labute approximate surface area is 92.8 Å². The molecule has 1 amide bonds. The van der Waals surface area contributed by atoms with E-state index in [1.807, 2.05) is 20.9 Å². The molecule has 0 radical (unpaired) electrons. The maximum atomic E-state index is 11.9. The van der Waals surface area contributed by atoms with Crippen molar-refractivity contribution in [3.8, 4) is 0 Å². The molecule has 1 unspecified atom stereocenters. The van der Waals surface area contributed by atoms with E-state index in [1.165, 1.54) is 0 Å². The summed E-state index contributed by atoms with van der Waals surface area (Å²) in [5.41, 5.74) is 5.60. The Balaban J connectivity index is 4.05. The van der Waals surface area contributed by atoms with E-state index in [9.17, 15) is 4.79 Å². The second-order valence-electron chi connectivity index (χ2n) is 4.19. The molecule has 0 rings (SSSR count). The van der Waals surface area contributed by atoms with Crippen LogP contribution in [0.5, 0.6) is 0 Å². The van der Waals surface area contributed by atoms with Gasteiger partial charge in [-0.15, -0.1) is 0 Å².